The summed E-state index contributed by atoms with van der Waals surface area (Å²) in [6.45, 7) is 0.891. The average Bonchev–Trinajstić information content (AvgIpc) is 3.20. The molecule has 1 aromatic carbocycles. The highest BCUT2D eigenvalue weighted by atomic mass is 16.5. The van der Waals surface area contributed by atoms with E-state index in [4.69, 9.17) is 14.2 Å². The van der Waals surface area contributed by atoms with Crippen LogP contribution >= 0.6 is 0 Å². The molecule has 0 radical (unpaired) electrons. The fraction of sp³-hybridized carbons (Fsp3) is 0.421. The second-order valence-electron chi connectivity index (χ2n) is 6.77. The van der Waals surface area contributed by atoms with E-state index in [1.807, 2.05) is 0 Å². The number of methoxy groups -OCH3 is 2. The van der Waals surface area contributed by atoms with Crippen LogP contribution in [0.3, 0.4) is 0 Å². The van der Waals surface area contributed by atoms with Gasteiger partial charge in [-0.15, -0.1) is 0 Å². The van der Waals surface area contributed by atoms with Crippen molar-refractivity contribution in [2.45, 2.75) is 25.1 Å². The SMILES string of the molecule is COc1ccc([C@H]2NC(=O)CO[C@@H]2C(=O)N2CCc3[nH]ncc3C2)cc1OC. The number of carbonyl (C=O) groups excluding carboxylic acids is 2. The summed E-state index contributed by atoms with van der Waals surface area (Å²) in [5.74, 6) is 0.666. The van der Waals surface area contributed by atoms with Gasteiger partial charge in [-0.05, 0) is 17.7 Å². The third kappa shape index (κ3) is 3.29. The first-order valence-corrected chi connectivity index (χ1v) is 9.03. The van der Waals surface area contributed by atoms with Crippen LogP contribution < -0.4 is 14.8 Å². The van der Waals surface area contributed by atoms with Gasteiger partial charge in [-0.2, -0.15) is 5.10 Å². The second-order valence-corrected chi connectivity index (χ2v) is 6.77. The Balaban J connectivity index is 1.60. The number of hydrogen-bond donors (Lipinski definition) is 2. The van der Waals surface area contributed by atoms with Crippen LogP contribution in [0.5, 0.6) is 11.5 Å². The minimum atomic E-state index is -0.816. The summed E-state index contributed by atoms with van der Waals surface area (Å²) in [7, 11) is 3.09. The Kier molecular flexibility index (Phi) is 4.91. The van der Waals surface area contributed by atoms with Crippen LogP contribution in [0, 0.1) is 0 Å². The van der Waals surface area contributed by atoms with E-state index in [1.54, 1.807) is 36.4 Å². The molecule has 1 saturated heterocycles. The molecular weight excluding hydrogens is 364 g/mol. The predicted molar refractivity (Wildman–Crippen MR) is 97.9 cm³/mol. The number of H-pyrrole nitrogens is 1. The zero-order chi connectivity index (χ0) is 19.7. The first-order chi connectivity index (χ1) is 13.6. The third-order valence-corrected chi connectivity index (χ3v) is 5.14. The van der Waals surface area contributed by atoms with Crippen LogP contribution in [0.25, 0.3) is 0 Å². The van der Waals surface area contributed by atoms with E-state index in [9.17, 15) is 9.59 Å². The first kappa shape index (κ1) is 18.3. The summed E-state index contributed by atoms with van der Waals surface area (Å²) < 4.78 is 16.3. The molecule has 0 unspecified atom stereocenters. The van der Waals surface area contributed by atoms with Crippen molar-refractivity contribution in [1.29, 1.82) is 0 Å². The van der Waals surface area contributed by atoms with Crippen molar-refractivity contribution in [3.63, 3.8) is 0 Å². The maximum atomic E-state index is 13.2. The molecule has 2 atom stereocenters. The topological polar surface area (TPSA) is 106 Å². The van der Waals surface area contributed by atoms with Crippen molar-refractivity contribution in [2.24, 2.45) is 0 Å². The van der Waals surface area contributed by atoms with Crippen molar-refractivity contribution in [2.75, 3.05) is 27.4 Å². The molecule has 0 aliphatic carbocycles. The summed E-state index contributed by atoms with van der Waals surface area (Å²) in [5.41, 5.74) is 2.77. The van der Waals surface area contributed by atoms with Crippen LogP contribution in [-0.4, -0.2) is 60.4 Å². The molecule has 28 heavy (non-hydrogen) atoms. The molecule has 4 rings (SSSR count). The Morgan fingerprint density at radius 1 is 1.29 bits per heavy atom. The highest BCUT2D eigenvalue weighted by molar-refractivity contribution is 5.86. The number of amides is 2. The molecule has 2 amide bonds. The number of aromatic nitrogens is 2. The molecule has 9 heteroatoms. The summed E-state index contributed by atoms with van der Waals surface area (Å²) in [6, 6.07) is 4.68. The molecule has 2 aliphatic heterocycles. The van der Waals surface area contributed by atoms with E-state index in [-0.39, 0.29) is 18.4 Å². The van der Waals surface area contributed by atoms with Gasteiger partial charge in [-0.3, -0.25) is 14.7 Å². The van der Waals surface area contributed by atoms with Gasteiger partial charge < -0.3 is 24.4 Å². The maximum Gasteiger partial charge on any atom is 0.254 e. The lowest BCUT2D eigenvalue weighted by molar-refractivity contribution is -0.156. The van der Waals surface area contributed by atoms with Crippen LogP contribution in [-0.2, 0) is 27.3 Å². The highest BCUT2D eigenvalue weighted by Gasteiger charge is 2.39. The zero-order valence-electron chi connectivity index (χ0n) is 15.7. The minimum absolute atomic E-state index is 0.148. The van der Waals surface area contributed by atoms with E-state index in [1.165, 1.54) is 7.11 Å². The number of rotatable bonds is 4. The average molecular weight is 386 g/mol. The Morgan fingerprint density at radius 2 is 2.11 bits per heavy atom. The lowest BCUT2D eigenvalue weighted by atomic mass is 9.97. The van der Waals surface area contributed by atoms with E-state index in [0.29, 0.717) is 36.6 Å². The fourth-order valence-electron chi connectivity index (χ4n) is 3.66. The lowest BCUT2D eigenvalue weighted by Gasteiger charge is -2.36. The Labute approximate surface area is 161 Å². The summed E-state index contributed by atoms with van der Waals surface area (Å²) in [6.07, 6.45) is 1.63. The number of carbonyl (C=O) groups is 2. The molecule has 2 N–H and O–H groups in total. The maximum absolute atomic E-state index is 13.2. The van der Waals surface area contributed by atoms with Crippen LogP contribution in [0.2, 0.25) is 0 Å². The molecule has 2 aliphatic rings. The van der Waals surface area contributed by atoms with E-state index >= 15 is 0 Å². The number of nitrogens with zero attached hydrogens (tertiary/aromatic N) is 2. The van der Waals surface area contributed by atoms with Crippen LogP contribution in [0.4, 0.5) is 0 Å². The number of nitrogens with one attached hydrogen (secondary N) is 2. The van der Waals surface area contributed by atoms with Crippen molar-refractivity contribution in [3.05, 3.63) is 41.2 Å². The number of morpholine rings is 1. The molecule has 0 saturated carbocycles. The van der Waals surface area contributed by atoms with E-state index in [2.05, 4.69) is 15.5 Å². The van der Waals surface area contributed by atoms with Gasteiger partial charge in [-0.1, -0.05) is 6.07 Å². The van der Waals surface area contributed by atoms with E-state index in [0.717, 1.165) is 11.3 Å². The molecule has 3 heterocycles. The van der Waals surface area contributed by atoms with Gasteiger partial charge in [0, 0.05) is 30.8 Å². The molecule has 2 aromatic rings. The monoisotopic (exact) mass is 386 g/mol. The zero-order valence-corrected chi connectivity index (χ0v) is 15.7. The number of benzene rings is 1. The third-order valence-electron chi connectivity index (χ3n) is 5.14. The molecule has 0 spiro atoms. The normalized spacial score (nSPS) is 21.6. The Morgan fingerprint density at radius 3 is 2.89 bits per heavy atom. The number of aromatic amines is 1. The van der Waals surface area contributed by atoms with E-state index < -0.39 is 12.1 Å². The largest absolute Gasteiger partial charge is 0.493 e. The molecule has 1 fully saturated rings. The van der Waals surface area contributed by atoms with Gasteiger partial charge in [0.05, 0.1) is 26.5 Å². The standard InChI is InChI=1S/C19H22N4O5/c1-26-14-4-3-11(7-15(14)27-2)17-18(28-10-16(24)21-17)19(25)23-6-5-13-12(9-23)8-20-22-13/h3-4,7-8,17-18H,5-6,9-10H2,1-2H3,(H,20,22)(H,21,24)/t17-,18+/m1/s1. The fourth-order valence-corrected chi connectivity index (χ4v) is 3.66. The molecule has 148 valence electrons. The van der Waals surface area contributed by atoms with Gasteiger partial charge in [-0.25, -0.2) is 0 Å². The summed E-state index contributed by atoms with van der Waals surface area (Å²) in [4.78, 5) is 26.9. The molecule has 9 nitrogen and oxygen atoms in total. The molecule has 1 aromatic heterocycles. The van der Waals surface area contributed by atoms with Gasteiger partial charge in [0.25, 0.3) is 5.91 Å². The molecule has 0 bridgehead atoms. The van der Waals surface area contributed by atoms with Gasteiger partial charge in [0.2, 0.25) is 5.91 Å². The van der Waals surface area contributed by atoms with Crippen molar-refractivity contribution < 1.29 is 23.8 Å². The van der Waals surface area contributed by atoms with Crippen molar-refractivity contribution >= 4 is 11.8 Å². The predicted octanol–water partition coefficient (Wildman–Crippen LogP) is 0.568. The Hall–Kier alpha value is -3.07. The Bertz CT molecular complexity index is 896. The number of fused-ring (bicyclic) bond motifs is 1. The second kappa shape index (κ2) is 7.51. The molecular formula is C19H22N4O5. The summed E-state index contributed by atoms with van der Waals surface area (Å²) >= 11 is 0. The number of hydrogen-bond acceptors (Lipinski definition) is 6. The van der Waals surface area contributed by atoms with Crippen LogP contribution in [0.1, 0.15) is 22.9 Å². The lowest BCUT2D eigenvalue weighted by Crippen LogP contribution is -2.54. The van der Waals surface area contributed by atoms with Gasteiger partial charge >= 0.3 is 0 Å². The smallest absolute Gasteiger partial charge is 0.254 e. The quantitative estimate of drug-likeness (QED) is 0.796. The number of ether oxygens (including phenoxy) is 3. The minimum Gasteiger partial charge on any atom is -0.493 e. The highest BCUT2D eigenvalue weighted by Crippen LogP contribution is 2.33. The van der Waals surface area contributed by atoms with Crippen molar-refractivity contribution in [3.8, 4) is 11.5 Å². The van der Waals surface area contributed by atoms with Gasteiger partial charge in [0.1, 0.15) is 6.61 Å². The van der Waals surface area contributed by atoms with Crippen molar-refractivity contribution in [1.82, 2.24) is 20.4 Å². The first-order valence-electron chi connectivity index (χ1n) is 9.03. The summed E-state index contributed by atoms with van der Waals surface area (Å²) in [5, 5.41) is 9.88. The van der Waals surface area contributed by atoms with Gasteiger partial charge in [0.15, 0.2) is 17.6 Å². The van der Waals surface area contributed by atoms with Crippen LogP contribution in [0.15, 0.2) is 24.4 Å².